The number of piperidine rings is 1. The van der Waals surface area contributed by atoms with Crippen LogP contribution in [0.2, 0.25) is 0 Å². The molecule has 1 aliphatic carbocycles. The molecule has 1 atom stereocenters. The number of hydrogen-bond acceptors (Lipinski definition) is 4. The molecule has 0 amide bonds. The van der Waals surface area contributed by atoms with Crippen molar-refractivity contribution in [2.24, 2.45) is 5.92 Å². The lowest BCUT2D eigenvalue weighted by Crippen LogP contribution is -2.35. The Morgan fingerprint density at radius 3 is 2.85 bits per heavy atom. The van der Waals surface area contributed by atoms with E-state index in [2.05, 4.69) is 27.1 Å². The summed E-state index contributed by atoms with van der Waals surface area (Å²) in [4.78, 5) is 11.4. The third-order valence-electron chi connectivity index (χ3n) is 4.51. The second-order valence-corrected chi connectivity index (χ2v) is 6.35. The van der Waals surface area contributed by atoms with E-state index in [0.29, 0.717) is 5.92 Å². The van der Waals surface area contributed by atoms with Gasteiger partial charge in [0.25, 0.3) is 0 Å². The van der Waals surface area contributed by atoms with Crippen molar-refractivity contribution in [3.63, 3.8) is 0 Å². The summed E-state index contributed by atoms with van der Waals surface area (Å²) < 4.78 is 0. The number of aromatic nitrogens is 2. The Morgan fingerprint density at radius 1 is 1.15 bits per heavy atom. The van der Waals surface area contributed by atoms with Crippen molar-refractivity contribution in [3.8, 4) is 0 Å². The molecule has 4 nitrogen and oxygen atoms in total. The van der Waals surface area contributed by atoms with Gasteiger partial charge >= 0.3 is 0 Å². The summed E-state index contributed by atoms with van der Waals surface area (Å²) in [6.07, 6.45) is 9.36. The first-order chi connectivity index (χ1) is 9.83. The normalized spacial score (nSPS) is 20.6. The molecule has 1 unspecified atom stereocenters. The Morgan fingerprint density at radius 2 is 2.00 bits per heavy atom. The first-order valence-corrected chi connectivity index (χ1v) is 8.12. The van der Waals surface area contributed by atoms with Crippen LogP contribution in [0.5, 0.6) is 0 Å². The fourth-order valence-corrected chi connectivity index (χ4v) is 3.43. The van der Waals surface area contributed by atoms with Crippen molar-refractivity contribution in [1.82, 2.24) is 14.9 Å². The average molecular weight is 274 g/mol. The number of hydrogen-bond donors (Lipinski definition) is 1. The van der Waals surface area contributed by atoms with Crippen LogP contribution >= 0.6 is 0 Å². The molecule has 1 aliphatic heterocycles. The topological polar surface area (TPSA) is 41.1 Å². The number of likely N-dealkylation sites (tertiary alicyclic amines) is 1. The Hall–Kier alpha value is -1.16. The lowest BCUT2D eigenvalue weighted by Gasteiger charge is -2.29. The second-order valence-electron chi connectivity index (χ2n) is 6.35. The zero-order valence-corrected chi connectivity index (χ0v) is 12.6. The van der Waals surface area contributed by atoms with Crippen molar-refractivity contribution in [3.05, 3.63) is 17.6 Å². The number of fused-ring (bicyclic) bond motifs is 1. The second kappa shape index (κ2) is 6.53. The van der Waals surface area contributed by atoms with Crippen LogP contribution in [0.15, 0.2) is 6.33 Å². The highest BCUT2D eigenvalue weighted by molar-refractivity contribution is 5.47. The first kappa shape index (κ1) is 13.8. The van der Waals surface area contributed by atoms with Gasteiger partial charge in [0.1, 0.15) is 12.1 Å². The van der Waals surface area contributed by atoms with E-state index in [9.17, 15) is 0 Å². The number of aryl methyl sites for hydroxylation is 1. The molecule has 2 aliphatic rings. The Balaban J connectivity index is 1.50. The first-order valence-electron chi connectivity index (χ1n) is 8.12. The van der Waals surface area contributed by atoms with Crippen LogP contribution in [0.25, 0.3) is 0 Å². The van der Waals surface area contributed by atoms with Crippen LogP contribution < -0.4 is 5.32 Å². The molecule has 1 saturated heterocycles. The summed E-state index contributed by atoms with van der Waals surface area (Å²) >= 11 is 0. The third kappa shape index (κ3) is 3.29. The molecule has 0 bridgehead atoms. The van der Waals surface area contributed by atoms with Crippen LogP contribution in [-0.2, 0) is 12.8 Å². The van der Waals surface area contributed by atoms with E-state index in [4.69, 9.17) is 0 Å². The van der Waals surface area contributed by atoms with Crippen LogP contribution in [-0.4, -0.2) is 41.0 Å². The van der Waals surface area contributed by atoms with E-state index >= 15 is 0 Å². The van der Waals surface area contributed by atoms with Gasteiger partial charge in [-0.25, -0.2) is 9.97 Å². The van der Waals surface area contributed by atoms with Gasteiger partial charge in [-0.1, -0.05) is 13.3 Å². The molecule has 1 N–H and O–H groups in total. The standard InChI is InChI=1S/C16H26N4/c1-13(11-20-8-3-2-4-9-20)10-17-16-14-6-5-7-15(14)18-12-19-16/h12-13H,2-11H2,1H3,(H,17,18,19). The fraction of sp³-hybridized carbons (Fsp3) is 0.750. The Labute approximate surface area is 122 Å². The molecule has 0 radical (unpaired) electrons. The molecule has 20 heavy (non-hydrogen) atoms. The zero-order chi connectivity index (χ0) is 13.8. The summed E-state index contributed by atoms with van der Waals surface area (Å²) in [5.74, 6) is 1.75. The van der Waals surface area contributed by atoms with Gasteiger partial charge < -0.3 is 10.2 Å². The molecule has 1 fully saturated rings. The van der Waals surface area contributed by atoms with Crippen molar-refractivity contribution in [2.75, 3.05) is 31.5 Å². The molecule has 110 valence electrons. The third-order valence-corrected chi connectivity index (χ3v) is 4.51. The monoisotopic (exact) mass is 274 g/mol. The minimum absolute atomic E-state index is 0.667. The molecule has 0 aromatic carbocycles. The largest absolute Gasteiger partial charge is 0.369 e. The van der Waals surface area contributed by atoms with Gasteiger partial charge in [0.2, 0.25) is 0 Å². The summed E-state index contributed by atoms with van der Waals surface area (Å²) in [7, 11) is 0. The quantitative estimate of drug-likeness (QED) is 0.895. The molecular weight excluding hydrogens is 248 g/mol. The van der Waals surface area contributed by atoms with Crippen LogP contribution in [0.4, 0.5) is 5.82 Å². The fourth-order valence-electron chi connectivity index (χ4n) is 3.43. The highest BCUT2D eigenvalue weighted by Crippen LogP contribution is 2.25. The highest BCUT2D eigenvalue weighted by Gasteiger charge is 2.18. The predicted molar refractivity (Wildman–Crippen MR) is 82.0 cm³/mol. The van der Waals surface area contributed by atoms with E-state index in [1.165, 1.54) is 56.6 Å². The summed E-state index contributed by atoms with van der Waals surface area (Å²) in [5, 5.41) is 3.56. The Bertz CT molecular complexity index is 440. The van der Waals surface area contributed by atoms with Gasteiger partial charge in [-0.05, 0) is 51.1 Å². The van der Waals surface area contributed by atoms with Gasteiger partial charge in [-0.15, -0.1) is 0 Å². The summed E-state index contributed by atoms with van der Waals surface area (Å²) in [6, 6.07) is 0. The van der Waals surface area contributed by atoms with Crippen molar-refractivity contribution >= 4 is 5.82 Å². The van der Waals surface area contributed by atoms with Crippen LogP contribution in [0, 0.1) is 5.92 Å². The maximum atomic E-state index is 4.43. The van der Waals surface area contributed by atoms with Crippen molar-refractivity contribution in [1.29, 1.82) is 0 Å². The smallest absolute Gasteiger partial charge is 0.132 e. The van der Waals surface area contributed by atoms with Crippen LogP contribution in [0.3, 0.4) is 0 Å². The molecule has 1 aromatic rings. The molecule has 1 aromatic heterocycles. The molecule has 3 rings (SSSR count). The summed E-state index contributed by atoms with van der Waals surface area (Å²) in [6.45, 7) is 7.13. The Kier molecular flexibility index (Phi) is 4.51. The minimum Gasteiger partial charge on any atom is -0.369 e. The number of nitrogens with one attached hydrogen (secondary N) is 1. The number of nitrogens with zero attached hydrogens (tertiary/aromatic N) is 3. The maximum absolute atomic E-state index is 4.43. The highest BCUT2D eigenvalue weighted by atomic mass is 15.1. The zero-order valence-electron chi connectivity index (χ0n) is 12.6. The number of rotatable bonds is 5. The molecule has 2 heterocycles. The van der Waals surface area contributed by atoms with Gasteiger partial charge in [-0.2, -0.15) is 0 Å². The average Bonchev–Trinajstić information content (AvgIpc) is 2.95. The van der Waals surface area contributed by atoms with E-state index < -0.39 is 0 Å². The van der Waals surface area contributed by atoms with Gasteiger partial charge in [0, 0.05) is 24.3 Å². The van der Waals surface area contributed by atoms with Gasteiger partial charge in [-0.3, -0.25) is 0 Å². The SMILES string of the molecule is CC(CNc1ncnc2c1CCC2)CN1CCCCC1. The lowest BCUT2D eigenvalue weighted by molar-refractivity contribution is 0.204. The van der Waals surface area contributed by atoms with Crippen molar-refractivity contribution < 1.29 is 0 Å². The molecule has 0 saturated carbocycles. The molecular formula is C16H26N4. The van der Waals surface area contributed by atoms with Gasteiger partial charge in [0.15, 0.2) is 0 Å². The van der Waals surface area contributed by atoms with Gasteiger partial charge in [0.05, 0.1) is 0 Å². The molecule has 4 heteroatoms. The molecule has 0 spiro atoms. The van der Waals surface area contributed by atoms with E-state index in [1.807, 2.05) is 0 Å². The van der Waals surface area contributed by atoms with E-state index in [1.54, 1.807) is 6.33 Å². The maximum Gasteiger partial charge on any atom is 0.132 e. The van der Waals surface area contributed by atoms with Crippen molar-refractivity contribution in [2.45, 2.75) is 45.4 Å². The predicted octanol–water partition coefficient (Wildman–Crippen LogP) is 2.50. The van der Waals surface area contributed by atoms with Crippen LogP contribution in [0.1, 0.15) is 43.9 Å². The van der Waals surface area contributed by atoms with E-state index in [0.717, 1.165) is 25.2 Å². The van der Waals surface area contributed by atoms with E-state index in [-0.39, 0.29) is 0 Å². The number of anilines is 1. The summed E-state index contributed by atoms with van der Waals surface area (Å²) in [5.41, 5.74) is 2.61. The lowest BCUT2D eigenvalue weighted by atomic mass is 10.1. The minimum atomic E-state index is 0.667.